The van der Waals surface area contributed by atoms with Crippen molar-refractivity contribution in [1.29, 1.82) is 0 Å². The molecule has 0 atom stereocenters. The molecule has 0 saturated heterocycles. The lowest BCUT2D eigenvalue weighted by atomic mass is 10.2. The van der Waals surface area contributed by atoms with Crippen molar-refractivity contribution in [3.63, 3.8) is 0 Å². The van der Waals surface area contributed by atoms with Gasteiger partial charge in [-0.1, -0.05) is 0 Å². The van der Waals surface area contributed by atoms with Crippen LogP contribution in [-0.2, 0) is 0 Å². The van der Waals surface area contributed by atoms with E-state index in [0.717, 1.165) is 12.8 Å². The van der Waals surface area contributed by atoms with Crippen molar-refractivity contribution in [3.05, 3.63) is 28.7 Å². The number of hydrogen-bond donors (Lipinski definition) is 1. The molecule has 0 amide bonds. The van der Waals surface area contributed by atoms with Crippen LogP contribution in [0.1, 0.15) is 40.1 Å². The van der Waals surface area contributed by atoms with E-state index in [0.29, 0.717) is 35.2 Å². The fourth-order valence-electron chi connectivity index (χ4n) is 2.06. The van der Waals surface area contributed by atoms with E-state index in [1.807, 2.05) is 0 Å². The van der Waals surface area contributed by atoms with E-state index in [1.165, 1.54) is 17.2 Å². The Kier molecular flexibility index (Phi) is 3.36. The van der Waals surface area contributed by atoms with Crippen LogP contribution < -0.4 is 5.73 Å². The topological polar surface area (TPSA) is 90.3 Å². The van der Waals surface area contributed by atoms with Crippen LogP contribution in [-0.4, -0.2) is 28.3 Å². The van der Waals surface area contributed by atoms with Gasteiger partial charge in [-0.15, -0.1) is 0 Å². The van der Waals surface area contributed by atoms with Gasteiger partial charge in [0.05, 0.1) is 29.5 Å². The Morgan fingerprint density at radius 2 is 2.33 bits per heavy atom. The lowest BCUT2D eigenvalue weighted by molar-refractivity contribution is 0.0934. The third-order valence-corrected chi connectivity index (χ3v) is 3.04. The molecule has 94 valence electrons. The molecule has 0 unspecified atom stereocenters. The van der Waals surface area contributed by atoms with Crippen LogP contribution in [0.15, 0.2) is 22.5 Å². The average Bonchev–Trinajstić information content (AvgIpc) is 2.95. The highest BCUT2D eigenvalue weighted by atomic mass is 16.2. The van der Waals surface area contributed by atoms with Crippen molar-refractivity contribution in [3.8, 4) is 0 Å². The number of rotatable bonds is 3. The molecule has 0 aromatic carbocycles. The third kappa shape index (κ3) is 1.97. The van der Waals surface area contributed by atoms with Crippen molar-refractivity contribution < 1.29 is 9.59 Å². The molecule has 0 spiro atoms. The monoisotopic (exact) mass is 246 g/mol. The van der Waals surface area contributed by atoms with Crippen molar-refractivity contribution >= 4 is 18.5 Å². The quantitative estimate of drug-likeness (QED) is 0.490. The van der Waals surface area contributed by atoms with E-state index in [9.17, 15) is 9.59 Å². The Bertz CT molecular complexity index is 554. The molecule has 6 nitrogen and oxygen atoms in total. The summed E-state index contributed by atoms with van der Waals surface area (Å²) < 4.78 is 1.25. The van der Waals surface area contributed by atoms with Crippen LogP contribution in [0, 0.1) is 6.92 Å². The van der Waals surface area contributed by atoms with Crippen molar-refractivity contribution in [1.82, 2.24) is 9.78 Å². The third-order valence-electron chi connectivity index (χ3n) is 3.04. The van der Waals surface area contributed by atoms with Gasteiger partial charge in [0.15, 0.2) is 6.29 Å². The second-order valence-corrected chi connectivity index (χ2v) is 4.08. The molecule has 1 aromatic rings. The molecule has 0 fully saturated rings. The SMILES string of the molecule is Cc1c(C=O)cnn1C(=O)C1=C(N=CN)CCC1. The van der Waals surface area contributed by atoms with Gasteiger partial charge in [-0.25, -0.2) is 9.67 Å². The summed E-state index contributed by atoms with van der Waals surface area (Å²) >= 11 is 0. The minimum atomic E-state index is -0.223. The van der Waals surface area contributed by atoms with Gasteiger partial charge in [0, 0.05) is 5.57 Å². The van der Waals surface area contributed by atoms with E-state index >= 15 is 0 Å². The van der Waals surface area contributed by atoms with Crippen LogP contribution in [0.5, 0.6) is 0 Å². The maximum atomic E-state index is 12.3. The second kappa shape index (κ2) is 4.95. The molecule has 1 aliphatic carbocycles. The summed E-state index contributed by atoms with van der Waals surface area (Å²) in [6, 6.07) is 0. The van der Waals surface area contributed by atoms with Gasteiger partial charge >= 0.3 is 0 Å². The Labute approximate surface area is 104 Å². The number of carbonyl (C=O) groups excluding carboxylic acids is 2. The number of aldehydes is 1. The van der Waals surface area contributed by atoms with Gasteiger partial charge in [0.2, 0.25) is 0 Å². The minimum absolute atomic E-state index is 0.223. The van der Waals surface area contributed by atoms with Gasteiger partial charge in [-0.05, 0) is 26.2 Å². The smallest absolute Gasteiger partial charge is 0.276 e. The van der Waals surface area contributed by atoms with E-state index in [2.05, 4.69) is 10.1 Å². The van der Waals surface area contributed by atoms with E-state index in [4.69, 9.17) is 5.73 Å². The number of allylic oxidation sites excluding steroid dienone is 2. The first kappa shape index (κ1) is 12.2. The van der Waals surface area contributed by atoms with E-state index in [1.54, 1.807) is 6.92 Å². The molecule has 2 rings (SSSR count). The zero-order valence-corrected chi connectivity index (χ0v) is 10.1. The first-order chi connectivity index (χ1) is 8.69. The first-order valence-electron chi connectivity index (χ1n) is 5.69. The highest BCUT2D eigenvalue weighted by Gasteiger charge is 2.24. The second-order valence-electron chi connectivity index (χ2n) is 4.08. The zero-order chi connectivity index (χ0) is 13.1. The van der Waals surface area contributed by atoms with Crippen molar-refractivity contribution in [2.24, 2.45) is 10.7 Å². The van der Waals surface area contributed by atoms with Gasteiger partial charge < -0.3 is 5.73 Å². The van der Waals surface area contributed by atoms with Gasteiger partial charge in [-0.3, -0.25) is 9.59 Å². The molecule has 0 bridgehead atoms. The fourth-order valence-corrected chi connectivity index (χ4v) is 2.06. The maximum Gasteiger partial charge on any atom is 0.276 e. The predicted molar refractivity (Wildman–Crippen MR) is 66.5 cm³/mol. The molecular formula is C12H14N4O2. The lowest BCUT2D eigenvalue weighted by Gasteiger charge is -2.05. The standard InChI is InChI=1S/C12H14N4O2/c1-8-9(6-17)5-15-16(8)12(18)10-3-2-4-11(10)14-7-13/h5-7H,2-4H2,1H3,(H2,13,14). The summed E-state index contributed by atoms with van der Waals surface area (Å²) in [5.74, 6) is -0.223. The Balaban J connectivity index is 2.39. The van der Waals surface area contributed by atoms with Crippen LogP contribution in [0.3, 0.4) is 0 Å². The summed E-state index contributed by atoms with van der Waals surface area (Å²) in [5.41, 5.74) is 7.57. The van der Waals surface area contributed by atoms with Gasteiger partial charge in [0.25, 0.3) is 5.91 Å². The summed E-state index contributed by atoms with van der Waals surface area (Å²) in [6.07, 6.45) is 5.57. The molecule has 0 aliphatic heterocycles. The molecule has 2 N–H and O–H groups in total. The number of aliphatic imine (C=N–C) groups is 1. The molecule has 1 aliphatic rings. The van der Waals surface area contributed by atoms with Crippen molar-refractivity contribution in [2.45, 2.75) is 26.2 Å². The number of hydrogen-bond acceptors (Lipinski definition) is 4. The van der Waals surface area contributed by atoms with Crippen LogP contribution in [0.4, 0.5) is 0 Å². The summed E-state index contributed by atoms with van der Waals surface area (Å²) in [7, 11) is 0. The lowest BCUT2D eigenvalue weighted by Crippen LogP contribution is -2.16. The Morgan fingerprint density at radius 3 is 2.94 bits per heavy atom. The molecule has 1 aromatic heterocycles. The number of carbonyl (C=O) groups is 2. The normalized spacial score (nSPS) is 15.6. The Morgan fingerprint density at radius 1 is 1.56 bits per heavy atom. The highest BCUT2D eigenvalue weighted by molar-refractivity contribution is 5.97. The van der Waals surface area contributed by atoms with Crippen LogP contribution in [0.25, 0.3) is 0 Å². The van der Waals surface area contributed by atoms with Crippen LogP contribution >= 0.6 is 0 Å². The minimum Gasteiger partial charge on any atom is -0.390 e. The van der Waals surface area contributed by atoms with Crippen molar-refractivity contribution in [2.75, 3.05) is 0 Å². The number of aromatic nitrogens is 2. The summed E-state index contributed by atoms with van der Waals surface area (Å²) in [6.45, 7) is 1.69. The van der Waals surface area contributed by atoms with E-state index in [-0.39, 0.29) is 5.91 Å². The zero-order valence-electron chi connectivity index (χ0n) is 10.1. The Hall–Kier alpha value is -2.24. The molecule has 18 heavy (non-hydrogen) atoms. The maximum absolute atomic E-state index is 12.3. The van der Waals surface area contributed by atoms with Gasteiger partial charge in [-0.2, -0.15) is 5.10 Å². The highest BCUT2D eigenvalue weighted by Crippen LogP contribution is 2.28. The number of nitrogens with zero attached hydrogens (tertiary/aromatic N) is 3. The summed E-state index contributed by atoms with van der Waals surface area (Å²) in [4.78, 5) is 27.0. The fraction of sp³-hybridized carbons (Fsp3) is 0.333. The molecular weight excluding hydrogens is 232 g/mol. The van der Waals surface area contributed by atoms with Crippen LogP contribution in [0.2, 0.25) is 0 Å². The predicted octanol–water partition coefficient (Wildman–Crippen LogP) is 1.07. The largest absolute Gasteiger partial charge is 0.390 e. The molecule has 0 saturated carbocycles. The molecule has 1 heterocycles. The molecule has 6 heteroatoms. The van der Waals surface area contributed by atoms with E-state index < -0.39 is 0 Å². The molecule has 0 radical (unpaired) electrons. The average molecular weight is 246 g/mol. The van der Waals surface area contributed by atoms with Gasteiger partial charge in [0.1, 0.15) is 0 Å². The number of nitrogens with two attached hydrogens (primary N) is 1. The first-order valence-corrected chi connectivity index (χ1v) is 5.69. The summed E-state index contributed by atoms with van der Waals surface area (Å²) in [5, 5.41) is 3.94.